The lowest BCUT2D eigenvalue weighted by molar-refractivity contribution is 0.189. The van der Waals surface area contributed by atoms with Crippen LogP contribution < -0.4 is 5.32 Å². The van der Waals surface area contributed by atoms with Crippen molar-refractivity contribution in [2.75, 3.05) is 26.2 Å². The Labute approximate surface area is 186 Å². The number of aromatic nitrogens is 2. The van der Waals surface area contributed by atoms with Crippen molar-refractivity contribution in [3.63, 3.8) is 0 Å². The number of benzene rings is 1. The third-order valence-corrected chi connectivity index (χ3v) is 5.69. The molecule has 0 bridgehead atoms. The Morgan fingerprint density at radius 1 is 1.29 bits per heavy atom. The summed E-state index contributed by atoms with van der Waals surface area (Å²) in [7, 11) is 0. The van der Waals surface area contributed by atoms with E-state index in [9.17, 15) is 0 Å². The molecule has 1 aliphatic rings. The van der Waals surface area contributed by atoms with Gasteiger partial charge in [0.15, 0.2) is 5.96 Å². The molecule has 2 aromatic rings. The fraction of sp³-hybridized carbons (Fsp3) is 0.545. The van der Waals surface area contributed by atoms with Gasteiger partial charge in [0.2, 0.25) is 0 Å². The van der Waals surface area contributed by atoms with Crippen molar-refractivity contribution in [2.24, 2.45) is 10.9 Å². The second kappa shape index (κ2) is 11.4. The predicted molar refractivity (Wildman–Crippen MR) is 127 cm³/mol. The van der Waals surface area contributed by atoms with Gasteiger partial charge >= 0.3 is 0 Å². The lowest BCUT2D eigenvalue weighted by Gasteiger charge is -2.39. The minimum Gasteiger partial charge on any atom is -0.357 e. The van der Waals surface area contributed by atoms with Crippen LogP contribution in [0.1, 0.15) is 51.1 Å². The number of hydrogen-bond acceptors (Lipinski definition) is 2. The summed E-state index contributed by atoms with van der Waals surface area (Å²) in [6.45, 7) is 10.5. The average molecular weight is 495 g/mol. The van der Waals surface area contributed by atoms with Gasteiger partial charge < -0.3 is 14.8 Å². The fourth-order valence-corrected chi connectivity index (χ4v) is 3.91. The number of rotatable bonds is 6. The van der Waals surface area contributed by atoms with E-state index in [1.807, 2.05) is 12.5 Å². The molecule has 3 rings (SSSR count). The number of likely N-dealkylation sites (tertiary alicyclic amines) is 1. The molecular weight excluding hydrogens is 461 g/mol. The van der Waals surface area contributed by atoms with E-state index in [0.29, 0.717) is 17.9 Å². The Bertz CT molecular complexity index is 701. The van der Waals surface area contributed by atoms with Gasteiger partial charge in [-0.15, -0.1) is 24.0 Å². The molecule has 1 aromatic carbocycles. The maximum atomic E-state index is 5.03. The van der Waals surface area contributed by atoms with Gasteiger partial charge in [-0.3, -0.25) is 4.99 Å². The van der Waals surface area contributed by atoms with Crippen LogP contribution in [0.25, 0.3) is 0 Å². The summed E-state index contributed by atoms with van der Waals surface area (Å²) in [6, 6.07) is 11.2. The van der Waals surface area contributed by atoms with Crippen molar-refractivity contribution in [2.45, 2.75) is 45.6 Å². The number of piperidine rings is 1. The summed E-state index contributed by atoms with van der Waals surface area (Å²) >= 11 is 0. The van der Waals surface area contributed by atoms with Gasteiger partial charge in [0, 0.05) is 44.5 Å². The van der Waals surface area contributed by atoms with Gasteiger partial charge in [0.1, 0.15) is 0 Å². The van der Waals surface area contributed by atoms with E-state index in [4.69, 9.17) is 4.99 Å². The largest absolute Gasteiger partial charge is 0.357 e. The van der Waals surface area contributed by atoms with Crippen molar-refractivity contribution in [1.29, 1.82) is 0 Å². The van der Waals surface area contributed by atoms with Crippen molar-refractivity contribution in [3.8, 4) is 0 Å². The Hall–Kier alpha value is -1.57. The number of nitrogens with zero attached hydrogens (tertiary/aromatic N) is 4. The molecule has 28 heavy (non-hydrogen) atoms. The highest BCUT2D eigenvalue weighted by molar-refractivity contribution is 14.0. The Morgan fingerprint density at radius 3 is 2.71 bits per heavy atom. The molecule has 5 nitrogen and oxygen atoms in total. The Morgan fingerprint density at radius 2 is 2.07 bits per heavy atom. The number of halogens is 1. The normalized spacial score (nSPS) is 21.1. The monoisotopic (exact) mass is 495 g/mol. The van der Waals surface area contributed by atoms with E-state index < -0.39 is 0 Å². The van der Waals surface area contributed by atoms with Crippen LogP contribution in [0.4, 0.5) is 0 Å². The van der Waals surface area contributed by atoms with E-state index in [0.717, 1.165) is 38.6 Å². The standard InChI is InChI=1S/C22H33N5.HI/c1-4-19(20-9-7-6-8-10-20)15-25-22(24-5-2)26-13-11-18(3)21(16-26)27-14-12-23-17-27;/h6-10,12,14,17-19,21H,4-5,11,13,15-16H2,1-3H3,(H,24,25);1H. The molecule has 2 heterocycles. The SMILES string of the molecule is CCNC(=NCC(CC)c1ccccc1)N1CCC(C)C(n2ccnc2)C1.I. The van der Waals surface area contributed by atoms with Gasteiger partial charge in [-0.2, -0.15) is 0 Å². The first-order valence-electron chi connectivity index (χ1n) is 10.3. The Balaban J connectivity index is 0.00000280. The van der Waals surface area contributed by atoms with Crippen LogP contribution in [0.5, 0.6) is 0 Å². The summed E-state index contributed by atoms with van der Waals surface area (Å²) in [5.41, 5.74) is 1.38. The minimum atomic E-state index is 0. The van der Waals surface area contributed by atoms with Crippen molar-refractivity contribution in [1.82, 2.24) is 19.8 Å². The van der Waals surface area contributed by atoms with E-state index in [2.05, 4.69) is 77.1 Å². The van der Waals surface area contributed by atoms with Crippen LogP contribution in [-0.4, -0.2) is 46.6 Å². The van der Waals surface area contributed by atoms with Crippen LogP contribution in [0, 0.1) is 5.92 Å². The lowest BCUT2D eigenvalue weighted by atomic mass is 9.93. The smallest absolute Gasteiger partial charge is 0.194 e. The minimum absolute atomic E-state index is 0. The van der Waals surface area contributed by atoms with Crippen LogP contribution >= 0.6 is 24.0 Å². The van der Waals surface area contributed by atoms with Gasteiger partial charge in [0.05, 0.1) is 12.4 Å². The van der Waals surface area contributed by atoms with Crippen molar-refractivity contribution in [3.05, 3.63) is 54.6 Å². The highest BCUT2D eigenvalue weighted by Crippen LogP contribution is 2.27. The molecule has 1 aromatic heterocycles. The zero-order chi connectivity index (χ0) is 19.1. The predicted octanol–water partition coefficient (Wildman–Crippen LogP) is 4.54. The molecule has 0 aliphatic carbocycles. The van der Waals surface area contributed by atoms with Crippen LogP contribution in [-0.2, 0) is 0 Å². The summed E-state index contributed by atoms with van der Waals surface area (Å²) in [6.07, 6.45) is 8.16. The molecule has 3 atom stereocenters. The topological polar surface area (TPSA) is 45.5 Å². The van der Waals surface area contributed by atoms with Crippen LogP contribution in [0.3, 0.4) is 0 Å². The lowest BCUT2D eigenvalue weighted by Crippen LogP contribution is -2.49. The molecule has 0 amide bonds. The van der Waals surface area contributed by atoms with Gasteiger partial charge in [-0.1, -0.05) is 44.2 Å². The average Bonchev–Trinajstić information content (AvgIpc) is 3.23. The molecule has 1 fully saturated rings. The fourth-order valence-electron chi connectivity index (χ4n) is 3.91. The molecule has 3 unspecified atom stereocenters. The number of nitrogens with one attached hydrogen (secondary N) is 1. The number of hydrogen-bond donors (Lipinski definition) is 1. The Kier molecular flexibility index (Phi) is 9.28. The van der Waals surface area contributed by atoms with Gasteiger partial charge in [-0.05, 0) is 31.2 Å². The highest BCUT2D eigenvalue weighted by Gasteiger charge is 2.29. The number of imidazole rings is 1. The molecule has 154 valence electrons. The molecule has 0 spiro atoms. The molecule has 0 radical (unpaired) electrons. The number of guanidine groups is 1. The zero-order valence-corrected chi connectivity index (χ0v) is 19.6. The zero-order valence-electron chi connectivity index (χ0n) is 17.3. The first-order valence-corrected chi connectivity index (χ1v) is 10.3. The second-order valence-corrected chi connectivity index (χ2v) is 7.50. The quantitative estimate of drug-likeness (QED) is 0.364. The van der Waals surface area contributed by atoms with Crippen molar-refractivity contribution < 1.29 is 0 Å². The van der Waals surface area contributed by atoms with E-state index in [1.54, 1.807) is 0 Å². The van der Waals surface area contributed by atoms with E-state index >= 15 is 0 Å². The summed E-state index contributed by atoms with van der Waals surface area (Å²) in [5, 5.41) is 3.51. The first kappa shape index (κ1) is 22.7. The molecule has 6 heteroatoms. The molecule has 1 saturated heterocycles. The summed E-state index contributed by atoms with van der Waals surface area (Å²) in [4.78, 5) is 11.7. The van der Waals surface area contributed by atoms with Crippen LogP contribution in [0.2, 0.25) is 0 Å². The molecule has 1 aliphatic heterocycles. The maximum absolute atomic E-state index is 5.03. The van der Waals surface area contributed by atoms with Gasteiger partial charge in [-0.25, -0.2) is 4.98 Å². The first-order chi connectivity index (χ1) is 13.2. The molecular formula is C22H34IN5. The third-order valence-electron chi connectivity index (χ3n) is 5.69. The molecule has 1 N–H and O–H groups in total. The highest BCUT2D eigenvalue weighted by atomic mass is 127. The third kappa shape index (κ3) is 5.72. The van der Waals surface area contributed by atoms with Crippen molar-refractivity contribution >= 4 is 29.9 Å². The maximum Gasteiger partial charge on any atom is 0.194 e. The summed E-state index contributed by atoms with van der Waals surface area (Å²) < 4.78 is 2.25. The number of aliphatic imine (C=N–C) groups is 1. The van der Waals surface area contributed by atoms with Gasteiger partial charge in [0.25, 0.3) is 0 Å². The van der Waals surface area contributed by atoms with E-state index in [-0.39, 0.29) is 24.0 Å². The molecule has 0 saturated carbocycles. The second-order valence-electron chi connectivity index (χ2n) is 7.50. The van der Waals surface area contributed by atoms with Crippen LogP contribution in [0.15, 0.2) is 54.0 Å². The van der Waals surface area contributed by atoms with E-state index in [1.165, 1.54) is 12.0 Å². The summed E-state index contributed by atoms with van der Waals surface area (Å²) in [5.74, 6) is 2.16.